The second kappa shape index (κ2) is 11.2. The van der Waals surface area contributed by atoms with Gasteiger partial charge in [0, 0.05) is 44.7 Å². The Balaban J connectivity index is 0.00000312. The maximum absolute atomic E-state index is 12.1. The largest absolute Gasteiger partial charge is 0.357 e. The topological polar surface area (TPSA) is 60.0 Å². The summed E-state index contributed by atoms with van der Waals surface area (Å²) in [6, 6.07) is 0.307. The molecule has 2 fully saturated rings. The molecule has 2 aliphatic heterocycles. The van der Waals surface area contributed by atoms with Crippen LogP contribution in [-0.4, -0.2) is 73.5 Å². The van der Waals surface area contributed by atoms with Crippen LogP contribution in [0.25, 0.3) is 0 Å². The van der Waals surface area contributed by atoms with Crippen LogP contribution in [0.5, 0.6) is 0 Å². The van der Waals surface area contributed by atoms with E-state index in [9.17, 15) is 4.79 Å². The van der Waals surface area contributed by atoms with Gasteiger partial charge in [0.1, 0.15) is 0 Å². The van der Waals surface area contributed by atoms with Crippen LogP contribution in [0.1, 0.15) is 40.5 Å². The van der Waals surface area contributed by atoms with Crippen molar-refractivity contribution in [2.75, 3.05) is 45.8 Å². The molecule has 146 valence electrons. The third-order valence-electron chi connectivity index (χ3n) is 5.00. The van der Waals surface area contributed by atoms with Gasteiger partial charge >= 0.3 is 0 Å². The molecule has 2 heterocycles. The van der Waals surface area contributed by atoms with E-state index in [2.05, 4.69) is 29.4 Å². The van der Waals surface area contributed by atoms with Gasteiger partial charge in [0.25, 0.3) is 0 Å². The van der Waals surface area contributed by atoms with Crippen molar-refractivity contribution in [2.45, 2.75) is 46.6 Å². The molecule has 25 heavy (non-hydrogen) atoms. The molecule has 2 N–H and O–H groups in total. The highest BCUT2D eigenvalue weighted by Gasteiger charge is 2.28. The second-order valence-corrected chi connectivity index (χ2v) is 7.34. The summed E-state index contributed by atoms with van der Waals surface area (Å²) in [7, 11) is 0. The van der Waals surface area contributed by atoms with E-state index in [1.165, 1.54) is 19.5 Å². The lowest BCUT2D eigenvalue weighted by Gasteiger charge is -2.20. The molecule has 0 aromatic carbocycles. The van der Waals surface area contributed by atoms with Crippen molar-refractivity contribution in [1.82, 2.24) is 20.4 Å². The Bertz CT molecular complexity index is 443. The lowest BCUT2D eigenvalue weighted by atomic mass is 10.1. The molecule has 0 bridgehead atoms. The van der Waals surface area contributed by atoms with Gasteiger partial charge in [-0.3, -0.25) is 9.79 Å². The number of likely N-dealkylation sites (tertiary alicyclic amines) is 2. The minimum absolute atomic E-state index is 0. The SMILES string of the molecule is CCNC(=NCC1CCN(CC)C1)NC1CCN(C(=O)C(C)C)C1.I. The zero-order chi connectivity index (χ0) is 17.5. The summed E-state index contributed by atoms with van der Waals surface area (Å²) in [6.45, 7) is 15.1. The Kier molecular flexibility index (Phi) is 10.1. The Morgan fingerprint density at radius 3 is 2.56 bits per heavy atom. The van der Waals surface area contributed by atoms with Gasteiger partial charge in [-0.2, -0.15) is 0 Å². The molecule has 0 aromatic rings. The quantitative estimate of drug-likeness (QED) is 0.357. The number of amides is 1. The molecule has 1 amide bonds. The van der Waals surface area contributed by atoms with Crippen molar-refractivity contribution in [1.29, 1.82) is 0 Å². The maximum atomic E-state index is 12.1. The van der Waals surface area contributed by atoms with E-state index in [0.717, 1.165) is 45.1 Å². The lowest BCUT2D eigenvalue weighted by molar-refractivity contribution is -0.133. The van der Waals surface area contributed by atoms with E-state index in [0.29, 0.717) is 12.0 Å². The van der Waals surface area contributed by atoms with Crippen LogP contribution >= 0.6 is 24.0 Å². The number of halogens is 1. The molecule has 0 aliphatic carbocycles. The van der Waals surface area contributed by atoms with Crippen LogP contribution < -0.4 is 10.6 Å². The van der Waals surface area contributed by atoms with Gasteiger partial charge < -0.3 is 20.4 Å². The van der Waals surface area contributed by atoms with Gasteiger partial charge in [0.15, 0.2) is 5.96 Å². The Labute approximate surface area is 170 Å². The fourth-order valence-electron chi connectivity index (χ4n) is 3.53. The molecule has 2 saturated heterocycles. The number of aliphatic imine (C=N–C) groups is 1. The van der Waals surface area contributed by atoms with Crippen molar-refractivity contribution < 1.29 is 4.79 Å². The molecular weight excluding hydrogens is 429 g/mol. The lowest BCUT2D eigenvalue weighted by Crippen LogP contribution is -2.45. The van der Waals surface area contributed by atoms with Crippen molar-refractivity contribution in [3.8, 4) is 0 Å². The first kappa shape index (κ1) is 22.5. The van der Waals surface area contributed by atoms with Gasteiger partial charge in [-0.1, -0.05) is 20.8 Å². The molecule has 6 nitrogen and oxygen atoms in total. The summed E-state index contributed by atoms with van der Waals surface area (Å²) >= 11 is 0. The highest BCUT2D eigenvalue weighted by atomic mass is 127. The highest BCUT2D eigenvalue weighted by Crippen LogP contribution is 2.16. The van der Waals surface area contributed by atoms with Crippen molar-refractivity contribution in [3.63, 3.8) is 0 Å². The molecule has 2 aliphatic rings. The first-order chi connectivity index (χ1) is 11.5. The smallest absolute Gasteiger partial charge is 0.225 e. The van der Waals surface area contributed by atoms with Crippen molar-refractivity contribution in [3.05, 3.63) is 0 Å². The van der Waals surface area contributed by atoms with Gasteiger partial charge in [0.2, 0.25) is 5.91 Å². The van der Waals surface area contributed by atoms with Crippen LogP contribution in [0.3, 0.4) is 0 Å². The molecule has 7 heteroatoms. The predicted octanol–water partition coefficient (Wildman–Crippen LogP) is 1.76. The molecule has 0 radical (unpaired) electrons. The third-order valence-corrected chi connectivity index (χ3v) is 5.00. The average molecular weight is 465 g/mol. The summed E-state index contributed by atoms with van der Waals surface area (Å²) in [5.74, 6) is 1.90. The normalized spacial score (nSPS) is 24.5. The van der Waals surface area contributed by atoms with Gasteiger partial charge in [-0.05, 0) is 38.8 Å². The Morgan fingerprint density at radius 1 is 1.20 bits per heavy atom. The first-order valence-corrected chi connectivity index (χ1v) is 9.59. The van der Waals surface area contributed by atoms with Gasteiger partial charge in [-0.15, -0.1) is 24.0 Å². The fourth-order valence-corrected chi connectivity index (χ4v) is 3.53. The number of nitrogens with zero attached hydrogens (tertiary/aromatic N) is 3. The van der Waals surface area contributed by atoms with E-state index in [1.54, 1.807) is 0 Å². The van der Waals surface area contributed by atoms with Crippen LogP contribution in [0, 0.1) is 11.8 Å². The molecular formula is C18H36IN5O. The van der Waals surface area contributed by atoms with Crippen LogP contribution in [-0.2, 0) is 4.79 Å². The Morgan fingerprint density at radius 2 is 1.96 bits per heavy atom. The van der Waals surface area contributed by atoms with E-state index in [1.807, 2.05) is 18.7 Å². The number of carbonyl (C=O) groups excluding carboxylic acids is 1. The second-order valence-electron chi connectivity index (χ2n) is 7.34. The zero-order valence-corrected chi connectivity index (χ0v) is 18.6. The number of rotatable bonds is 6. The van der Waals surface area contributed by atoms with Crippen LogP contribution in [0.2, 0.25) is 0 Å². The minimum Gasteiger partial charge on any atom is -0.357 e. The van der Waals surface area contributed by atoms with Gasteiger partial charge in [0.05, 0.1) is 0 Å². The molecule has 0 saturated carbocycles. The molecule has 0 spiro atoms. The molecule has 2 rings (SSSR count). The standard InChI is InChI=1S/C18H35N5O.HI/c1-5-19-18(20-11-15-7-9-22(6-2)12-15)21-16-8-10-23(13-16)17(24)14(3)4;/h14-16H,5-13H2,1-4H3,(H2,19,20,21);1H. The van der Waals surface area contributed by atoms with Crippen molar-refractivity contribution in [2.24, 2.45) is 16.8 Å². The number of carbonyl (C=O) groups is 1. The minimum atomic E-state index is 0. The summed E-state index contributed by atoms with van der Waals surface area (Å²) < 4.78 is 0. The third kappa shape index (κ3) is 6.92. The monoisotopic (exact) mass is 465 g/mol. The Hall–Kier alpha value is -0.570. The summed E-state index contributed by atoms with van der Waals surface area (Å²) in [5.41, 5.74) is 0. The van der Waals surface area contributed by atoms with Gasteiger partial charge in [-0.25, -0.2) is 0 Å². The van der Waals surface area contributed by atoms with E-state index in [4.69, 9.17) is 4.99 Å². The highest BCUT2D eigenvalue weighted by molar-refractivity contribution is 14.0. The summed E-state index contributed by atoms with van der Waals surface area (Å²) in [5, 5.41) is 6.87. The van der Waals surface area contributed by atoms with Crippen LogP contribution in [0.15, 0.2) is 4.99 Å². The predicted molar refractivity (Wildman–Crippen MR) is 115 cm³/mol. The number of hydrogen-bond donors (Lipinski definition) is 2. The first-order valence-electron chi connectivity index (χ1n) is 9.59. The number of guanidine groups is 1. The van der Waals surface area contributed by atoms with E-state index >= 15 is 0 Å². The fraction of sp³-hybridized carbons (Fsp3) is 0.889. The van der Waals surface area contributed by atoms with E-state index < -0.39 is 0 Å². The maximum Gasteiger partial charge on any atom is 0.225 e. The molecule has 2 unspecified atom stereocenters. The van der Waals surface area contributed by atoms with Crippen molar-refractivity contribution >= 4 is 35.8 Å². The zero-order valence-electron chi connectivity index (χ0n) is 16.3. The van der Waals surface area contributed by atoms with E-state index in [-0.39, 0.29) is 35.8 Å². The summed E-state index contributed by atoms with van der Waals surface area (Å²) in [4.78, 5) is 21.4. The van der Waals surface area contributed by atoms with Crippen LogP contribution in [0.4, 0.5) is 0 Å². The molecule has 0 aromatic heterocycles. The molecule has 2 atom stereocenters. The average Bonchev–Trinajstić information content (AvgIpc) is 3.21. The number of nitrogens with one attached hydrogen (secondary N) is 2. The number of hydrogen-bond acceptors (Lipinski definition) is 3. The summed E-state index contributed by atoms with van der Waals surface area (Å²) in [6.07, 6.45) is 2.24.